The second-order valence-corrected chi connectivity index (χ2v) is 5.11. The molecule has 23 heavy (non-hydrogen) atoms. The van der Waals surface area contributed by atoms with Crippen LogP contribution in [0.15, 0.2) is 54.6 Å². The highest BCUT2D eigenvalue weighted by Gasteiger charge is 2.25. The van der Waals surface area contributed by atoms with E-state index in [0.29, 0.717) is 11.3 Å². The molecule has 0 fully saturated rings. The van der Waals surface area contributed by atoms with Crippen LogP contribution in [0.5, 0.6) is 0 Å². The van der Waals surface area contributed by atoms with Crippen LogP contribution in [0.25, 0.3) is 16.9 Å². The van der Waals surface area contributed by atoms with Gasteiger partial charge in [0.2, 0.25) is 0 Å². The Balaban J connectivity index is 2.30. The zero-order valence-corrected chi connectivity index (χ0v) is 12.9. The number of esters is 1. The lowest BCUT2D eigenvalue weighted by Gasteiger charge is -2.08. The second-order valence-electron chi connectivity index (χ2n) is 4.73. The van der Waals surface area contributed by atoms with Gasteiger partial charge in [0.15, 0.2) is 5.69 Å². The van der Waals surface area contributed by atoms with Crippen molar-refractivity contribution >= 4 is 17.6 Å². The van der Waals surface area contributed by atoms with Crippen LogP contribution >= 0.6 is 11.6 Å². The Morgan fingerprint density at radius 3 is 2.43 bits per heavy atom. The molecule has 4 nitrogen and oxygen atoms in total. The van der Waals surface area contributed by atoms with Gasteiger partial charge < -0.3 is 4.74 Å². The van der Waals surface area contributed by atoms with E-state index in [2.05, 4.69) is 5.10 Å². The molecule has 0 N–H and O–H groups in total. The molecular weight excluding hydrogens is 319 g/mol. The first-order valence-corrected chi connectivity index (χ1v) is 7.18. The maximum Gasteiger partial charge on any atom is 0.360 e. The number of benzene rings is 2. The molecule has 0 radical (unpaired) electrons. The summed E-state index contributed by atoms with van der Waals surface area (Å²) >= 11 is 6.33. The normalized spacial score (nSPS) is 10.6. The highest BCUT2D eigenvalue weighted by Crippen LogP contribution is 2.33. The molecule has 1 heterocycles. The van der Waals surface area contributed by atoms with E-state index in [1.54, 1.807) is 30.3 Å². The third-order valence-electron chi connectivity index (χ3n) is 3.33. The number of ether oxygens (including phenoxy) is 1. The molecule has 116 valence electrons. The van der Waals surface area contributed by atoms with Crippen molar-refractivity contribution in [2.45, 2.75) is 0 Å². The highest BCUT2D eigenvalue weighted by atomic mass is 35.5. The minimum atomic E-state index is -0.678. The highest BCUT2D eigenvalue weighted by molar-refractivity contribution is 6.35. The summed E-state index contributed by atoms with van der Waals surface area (Å²) in [7, 11) is 1.24. The van der Waals surface area contributed by atoms with Gasteiger partial charge in [-0.3, -0.25) is 0 Å². The SMILES string of the molecule is COC(=O)c1nn(-c2ccccc2F)c(-c2ccccc2)c1Cl. The standard InChI is InChI=1S/C17H12ClFN2O2/c1-23-17(22)15-14(18)16(11-7-3-2-4-8-11)21(20-15)13-10-6-5-9-12(13)19/h2-10H,1H3. The molecule has 0 spiro atoms. The summed E-state index contributed by atoms with van der Waals surface area (Å²) in [6, 6.07) is 15.2. The average molecular weight is 331 g/mol. The van der Waals surface area contributed by atoms with Crippen LogP contribution in [-0.2, 0) is 4.74 Å². The van der Waals surface area contributed by atoms with Gasteiger partial charge in [0.1, 0.15) is 16.5 Å². The van der Waals surface area contributed by atoms with Crippen molar-refractivity contribution < 1.29 is 13.9 Å². The van der Waals surface area contributed by atoms with Gasteiger partial charge >= 0.3 is 5.97 Å². The molecular formula is C17H12ClFN2O2. The largest absolute Gasteiger partial charge is 0.464 e. The van der Waals surface area contributed by atoms with Crippen molar-refractivity contribution in [3.8, 4) is 16.9 Å². The fourth-order valence-electron chi connectivity index (χ4n) is 2.27. The molecule has 0 amide bonds. The number of halogens is 2. The monoisotopic (exact) mass is 330 g/mol. The Labute approximate surface area is 137 Å². The van der Waals surface area contributed by atoms with E-state index in [-0.39, 0.29) is 16.4 Å². The summed E-state index contributed by atoms with van der Waals surface area (Å²) in [5.74, 6) is -1.15. The summed E-state index contributed by atoms with van der Waals surface area (Å²) in [5.41, 5.74) is 1.28. The molecule has 3 rings (SSSR count). The molecule has 1 aromatic heterocycles. The summed E-state index contributed by atoms with van der Waals surface area (Å²) in [4.78, 5) is 11.9. The van der Waals surface area contributed by atoms with Gasteiger partial charge in [0.05, 0.1) is 12.8 Å². The number of para-hydroxylation sites is 1. The van der Waals surface area contributed by atoms with E-state index in [1.807, 2.05) is 18.2 Å². The molecule has 3 aromatic rings. The van der Waals surface area contributed by atoms with Crippen LogP contribution < -0.4 is 0 Å². The minimum Gasteiger partial charge on any atom is -0.464 e. The van der Waals surface area contributed by atoms with Crippen LogP contribution in [0.1, 0.15) is 10.5 Å². The van der Waals surface area contributed by atoms with E-state index >= 15 is 0 Å². The van der Waals surface area contributed by atoms with Gasteiger partial charge in [-0.2, -0.15) is 5.10 Å². The lowest BCUT2D eigenvalue weighted by Crippen LogP contribution is -2.05. The Hall–Kier alpha value is -2.66. The van der Waals surface area contributed by atoms with Gasteiger partial charge in [-0.25, -0.2) is 13.9 Å². The summed E-state index contributed by atoms with van der Waals surface area (Å²) in [5, 5.41) is 4.28. The van der Waals surface area contributed by atoms with Crippen molar-refractivity contribution in [1.82, 2.24) is 9.78 Å². The lowest BCUT2D eigenvalue weighted by atomic mass is 10.1. The maximum atomic E-state index is 14.2. The van der Waals surface area contributed by atoms with E-state index in [0.717, 1.165) is 0 Å². The summed E-state index contributed by atoms with van der Waals surface area (Å²) < 4.78 is 20.2. The van der Waals surface area contributed by atoms with Crippen molar-refractivity contribution in [1.29, 1.82) is 0 Å². The Morgan fingerprint density at radius 1 is 1.13 bits per heavy atom. The van der Waals surface area contributed by atoms with Crippen molar-refractivity contribution in [3.63, 3.8) is 0 Å². The molecule has 0 saturated heterocycles. The van der Waals surface area contributed by atoms with E-state index in [1.165, 1.54) is 17.9 Å². The number of carbonyl (C=O) groups is 1. The summed E-state index contributed by atoms with van der Waals surface area (Å²) in [6.45, 7) is 0. The van der Waals surface area contributed by atoms with Gasteiger partial charge in [-0.15, -0.1) is 0 Å². The molecule has 0 aliphatic rings. The molecule has 0 aliphatic heterocycles. The maximum absolute atomic E-state index is 14.2. The van der Waals surface area contributed by atoms with E-state index in [4.69, 9.17) is 16.3 Å². The fraction of sp³-hybridized carbons (Fsp3) is 0.0588. The summed E-state index contributed by atoms with van der Waals surface area (Å²) in [6.07, 6.45) is 0. The second kappa shape index (κ2) is 6.22. The van der Waals surface area contributed by atoms with Gasteiger partial charge in [-0.1, -0.05) is 54.1 Å². The van der Waals surface area contributed by atoms with Crippen molar-refractivity contribution in [2.24, 2.45) is 0 Å². The third-order valence-corrected chi connectivity index (χ3v) is 3.69. The van der Waals surface area contributed by atoms with Crippen LogP contribution in [0.4, 0.5) is 4.39 Å². The minimum absolute atomic E-state index is 0.0590. The van der Waals surface area contributed by atoms with Gasteiger partial charge in [0, 0.05) is 5.56 Å². The fourth-order valence-corrected chi connectivity index (χ4v) is 2.57. The first-order chi connectivity index (χ1) is 11.1. The van der Waals surface area contributed by atoms with Gasteiger partial charge in [-0.05, 0) is 12.1 Å². The number of methoxy groups -OCH3 is 1. The number of hydrogen-bond acceptors (Lipinski definition) is 3. The molecule has 0 atom stereocenters. The van der Waals surface area contributed by atoms with Crippen LogP contribution in [-0.4, -0.2) is 22.9 Å². The quantitative estimate of drug-likeness (QED) is 0.679. The van der Waals surface area contributed by atoms with Crippen molar-refractivity contribution in [2.75, 3.05) is 7.11 Å². The Kier molecular flexibility index (Phi) is 4.12. The molecule has 0 bridgehead atoms. The smallest absolute Gasteiger partial charge is 0.360 e. The number of aromatic nitrogens is 2. The van der Waals surface area contributed by atoms with Crippen LogP contribution in [0, 0.1) is 5.82 Å². The zero-order chi connectivity index (χ0) is 16.4. The zero-order valence-electron chi connectivity index (χ0n) is 12.2. The van der Waals surface area contributed by atoms with Gasteiger partial charge in [0.25, 0.3) is 0 Å². The molecule has 6 heteroatoms. The third kappa shape index (κ3) is 2.71. The number of rotatable bonds is 3. The average Bonchev–Trinajstić information content (AvgIpc) is 2.92. The first-order valence-electron chi connectivity index (χ1n) is 6.80. The number of hydrogen-bond donors (Lipinski definition) is 0. The predicted molar refractivity (Wildman–Crippen MR) is 85.3 cm³/mol. The molecule has 0 unspecified atom stereocenters. The van der Waals surface area contributed by atoms with E-state index in [9.17, 15) is 9.18 Å². The predicted octanol–water partition coefficient (Wildman–Crippen LogP) is 4.12. The van der Waals surface area contributed by atoms with Crippen LogP contribution in [0.2, 0.25) is 5.02 Å². The lowest BCUT2D eigenvalue weighted by molar-refractivity contribution is 0.0593. The molecule has 0 aliphatic carbocycles. The molecule has 0 saturated carbocycles. The Bertz CT molecular complexity index is 862. The van der Waals surface area contributed by atoms with E-state index < -0.39 is 11.8 Å². The first kappa shape index (κ1) is 15.2. The molecule has 2 aromatic carbocycles. The Morgan fingerprint density at radius 2 is 1.78 bits per heavy atom. The van der Waals surface area contributed by atoms with Crippen LogP contribution in [0.3, 0.4) is 0 Å². The number of nitrogens with zero attached hydrogens (tertiary/aromatic N) is 2. The van der Waals surface area contributed by atoms with Crippen molar-refractivity contribution in [3.05, 3.63) is 71.1 Å². The topological polar surface area (TPSA) is 44.1 Å². The number of carbonyl (C=O) groups excluding carboxylic acids is 1.